The minimum Gasteiger partial charge on any atom is -0.242 e. The van der Waals surface area contributed by atoms with E-state index in [9.17, 15) is 0 Å². The number of hydrogen-bond acceptors (Lipinski definition) is 3. The summed E-state index contributed by atoms with van der Waals surface area (Å²) >= 11 is 0. The molecule has 0 aliphatic rings. The van der Waals surface area contributed by atoms with Gasteiger partial charge in [-0.05, 0) is 27.7 Å². The van der Waals surface area contributed by atoms with Gasteiger partial charge in [-0.1, -0.05) is 20.8 Å². The molecule has 0 fully saturated rings. The number of fused-ring (bicyclic) bond motifs is 1. The summed E-state index contributed by atoms with van der Waals surface area (Å²) in [7, 11) is 0. The number of aromatic nitrogens is 4. The summed E-state index contributed by atoms with van der Waals surface area (Å²) in [6, 6.07) is 0. The lowest BCUT2D eigenvalue weighted by Crippen LogP contribution is -2.24. The van der Waals surface area contributed by atoms with E-state index >= 15 is 0 Å². The summed E-state index contributed by atoms with van der Waals surface area (Å²) in [6.07, 6.45) is 1.86. The molecule has 0 amide bonds. The van der Waals surface area contributed by atoms with Crippen LogP contribution in [0.2, 0.25) is 0 Å². The van der Waals surface area contributed by atoms with E-state index in [2.05, 4.69) is 51.6 Å². The third-order valence-corrected chi connectivity index (χ3v) is 2.93. The second-order valence-electron chi connectivity index (χ2n) is 6.85. The molecule has 0 saturated carbocycles. The van der Waals surface area contributed by atoms with E-state index in [1.54, 1.807) is 0 Å². The normalized spacial score (nSPS) is 13.3. The molecule has 0 aliphatic carbocycles. The Bertz CT molecular complexity index is 582. The number of nitrogens with zero attached hydrogens (tertiary/aromatic N) is 4. The SMILES string of the molecule is Cc1nc(C(C)(C)C)nc2c1cnn2C(C)(C)C. The minimum absolute atomic E-state index is 0.0497. The highest BCUT2D eigenvalue weighted by Crippen LogP contribution is 2.25. The van der Waals surface area contributed by atoms with Crippen LogP contribution in [0.1, 0.15) is 53.1 Å². The van der Waals surface area contributed by atoms with Gasteiger partial charge in [0.15, 0.2) is 5.65 Å². The van der Waals surface area contributed by atoms with Crippen LogP contribution in [0.15, 0.2) is 6.20 Å². The van der Waals surface area contributed by atoms with Crippen molar-refractivity contribution in [2.45, 2.75) is 59.4 Å². The maximum Gasteiger partial charge on any atom is 0.162 e. The number of hydrogen-bond donors (Lipinski definition) is 0. The van der Waals surface area contributed by atoms with Crippen molar-refractivity contribution in [3.05, 3.63) is 17.7 Å². The van der Waals surface area contributed by atoms with Gasteiger partial charge >= 0.3 is 0 Å². The van der Waals surface area contributed by atoms with Gasteiger partial charge in [-0.25, -0.2) is 14.6 Å². The summed E-state index contributed by atoms with van der Waals surface area (Å²) in [5.41, 5.74) is 1.81. The van der Waals surface area contributed by atoms with Crippen LogP contribution >= 0.6 is 0 Å². The lowest BCUT2D eigenvalue weighted by Gasteiger charge is -2.22. The lowest BCUT2D eigenvalue weighted by molar-refractivity contribution is 0.365. The molecule has 2 aromatic rings. The van der Waals surface area contributed by atoms with Gasteiger partial charge < -0.3 is 0 Å². The van der Waals surface area contributed by atoms with Gasteiger partial charge in [-0.3, -0.25) is 0 Å². The van der Waals surface area contributed by atoms with Crippen molar-refractivity contribution in [2.75, 3.05) is 0 Å². The standard InChI is InChI=1S/C14H22N4/c1-9-10-8-15-18(14(5,6)7)11(10)17-12(16-9)13(2,3)4/h8H,1-7H3. The highest BCUT2D eigenvalue weighted by Gasteiger charge is 2.23. The molecular formula is C14H22N4. The smallest absolute Gasteiger partial charge is 0.162 e. The van der Waals surface area contributed by atoms with Gasteiger partial charge in [-0.2, -0.15) is 5.10 Å². The average molecular weight is 246 g/mol. The topological polar surface area (TPSA) is 43.6 Å². The summed E-state index contributed by atoms with van der Waals surface area (Å²) in [6.45, 7) is 14.8. The maximum absolute atomic E-state index is 4.72. The van der Waals surface area contributed by atoms with E-state index in [1.165, 1.54) is 0 Å². The Morgan fingerprint density at radius 2 is 1.61 bits per heavy atom. The van der Waals surface area contributed by atoms with Crippen molar-refractivity contribution >= 4 is 11.0 Å². The van der Waals surface area contributed by atoms with Gasteiger partial charge in [0.1, 0.15) is 5.82 Å². The number of aryl methyl sites for hydroxylation is 1. The van der Waals surface area contributed by atoms with Gasteiger partial charge in [-0.15, -0.1) is 0 Å². The Morgan fingerprint density at radius 1 is 1.00 bits per heavy atom. The molecule has 0 spiro atoms. The Kier molecular flexibility index (Phi) is 2.72. The van der Waals surface area contributed by atoms with E-state index < -0.39 is 0 Å². The molecule has 0 N–H and O–H groups in total. The summed E-state index contributed by atoms with van der Waals surface area (Å²) in [5.74, 6) is 0.874. The first-order valence-electron chi connectivity index (χ1n) is 6.34. The number of rotatable bonds is 0. The van der Waals surface area contributed by atoms with Gasteiger partial charge in [0, 0.05) is 5.41 Å². The van der Waals surface area contributed by atoms with Gasteiger partial charge in [0.05, 0.1) is 22.8 Å². The molecule has 0 bridgehead atoms. The Labute approximate surface area is 108 Å². The molecule has 2 aromatic heterocycles. The Balaban J connectivity index is 2.77. The molecular weight excluding hydrogens is 224 g/mol. The van der Waals surface area contributed by atoms with E-state index in [-0.39, 0.29) is 11.0 Å². The highest BCUT2D eigenvalue weighted by molar-refractivity contribution is 5.77. The van der Waals surface area contributed by atoms with Crippen LogP contribution < -0.4 is 0 Å². The second-order valence-corrected chi connectivity index (χ2v) is 6.85. The van der Waals surface area contributed by atoms with Crippen molar-refractivity contribution in [1.82, 2.24) is 19.7 Å². The van der Waals surface area contributed by atoms with Crippen LogP contribution in [0.5, 0.6) is 0 Å². The third-order valence-electron chi connectivity index (χ3n) is 2.93. The molecule has 4 heteroatoms. The molecule has 0 unspecified atom stereocenters. The second kappa shape index (κ2) is 3.77. The molecule has 4 nitrogen and oxygen atoms in total. The largest absolute Gasteiger partial charge is 0.242 e. The fourth-order valence-electron chi connectivity index (χ4n) is 1.88. The zero-order chi connectivity index (χ0) is 13.7. The van der Waals surface area contributed by atoms with Crippen molar-refractivity contribution in [3.63, 3.8) is 0 Å². The minimum atomic E-state index is -0.0717. The molecule has 0 aliphatic heterocycles. The van der Waals surface area contributed by atoms with Crippen molar-refractivity contribution < 1.29 is 0 Å². The third kappa shape index (κ3) is 2.11. The molecule has 0 saturated heterocycles. The molecule has 0 radical (unpaired) electrons. The van der Waals surface area contributed by atoms with Gasteiger partial charge in [0.2, 0.25) is 0 Å². The zero-order valence-electron chi connectivity index (χ0n) is 12.4. The molecule has 0 atom stereocenters. The molecule has 2 rings (SSSR count). The first-order valence-corrected chi connectivity index (χ1v) is 6.34. The predicted molar refractivity (Wildman–Crippen MR) is 73.8 cm³/mol. The van der Waals surface area contributed by atoms with Crippen LogP contribution in [0.3, 0.4) is 0 Å². The van der Waals surface area contributed by atoms with Crippen LogP contribution in [-0.4, -0.2) is 19.7 Å². The van der Waals surface area contributed by atoms with E-state index in [1.807, 2.05) is 17.8 Å². The molecule has 98 valence electrons. The van der Waals surface area contributed by atoms with Crippen LogP contribution in [0.4, 0.5) is 0 Å². The Morgan fingerprint density at radius 3 is 2.11 bits per heavy atom. The summed E-state index contributed by atoms with van der Waals surface area (Å²) < 4.78 is 1.98. The van der Waals surface area contributed by atoms with E-state index in [0.29, 0.717) is 0 Å². The molecule has 2 heterocycles. The van der Waals surface area contributed by atoms with Crippen molar-refractivity contribution in [2.24, 2.45) is 0 Å². The maximum atomic E-state index is 4.72. The van der Waals surface area contributed by atoms with Crippen molar-refractivity contribution in [1.29, 1.82) is 0 Å². The fraction of sp³-hybridized carbons (Fsp3) is 0.643. The highest BCUT2D eigenvalue weighted by atomic mass is 15.3. The Hall–Kier alpha value is -1.45. The van der Waals surface area contributed by atoms with Gasteiger partial charge in [0.25, 0.3) is 0 Å². The summed E-state index contributed by atoms with van der Waals surface area (Å²) in [5, 5.41) is 5.50. The summed E-state index contributed by atoms with van der Waals surface area (Å²) in [4.78, 5) is 9.33. The quantitative estimate of drug-likeness (QED) is 0.717. The van der Waals surface area contributed by atoms with Crippen LogP contribution in [-0.2, 0) is 11.0 Å². The van der Waals surface area contributed by atoms with Crippen molar-refractivity contribution in [3.8, 4) is 0 Å². The first-order chi connectivity index (χ1) is 8.10. The molecule has 0 aromatic carbocycles. The van der Waals surface area contributed by atoms with E-state index in [4.69, 9.17) is 4.98 Å². The lowest BCUT2D eigenvalue weighted by atomic mass is 9.95. The zero-order valence-corrected chi connectivity index (χ0v) is 12.4. The van der Waals surface area contributed by atoms with E-state index in [0.717, 1.165) is 22.6 Å². The predicted octanol–water partition coefficient (Wildman–Crippen LogP) is 3.19. The fourth-order valence-corrected chi connectivity index (χ4v) is 1.88. The first kappa shape index (κ1) is 13.0. The van der Waals surface area contributed by atoms with Crippen LogP contribution in [0.25, 0.3) is 11.0 Å². The van der Waals surface area contributed by atoms with Crippen LogP contribution in [0, 0.1) is 6.92 Å². The molecule has 18 heavy (non-hydrogen) atoms. The average Bonchev–Trinajstić information content (AvgIpc) is 2.59. The monoisotopic (exact) mass is 246 g/mol.